The highest BCUT2D eigenvalue weighted by Gasteiger charge is 2.16. The van der Waals surface area contributed by atoms with Gasteiger partial charge in [0, 0.05) is 0 Å². The first kappa shape index (κ1) is 15.9. The van der Waals surface area contributed by atoms with E-state index < -0.39 is 11.9 Å². The first-order valence-electron chi connectivity index (χ1n) is 5.83. The molecule has 0 amide bonds. The van der Waals surface area contributed by atoms with Crippen molar-refractivity contribution in [2.24, 2.45) is 0 Å². The van der Waals surface area contributed by atoms with Crippen molar-refractivity contribution >= 4 is 11.9 Å². The lowest BCUT2D eigenvalue weighted by Crippen LogP contribution is -2.36. The molecule has 0 aromatic carbocycles. The molecule has 100 valence electrons. The van der Waals surface area contributed by atoms with Crippen molar-refractivity contribution in [3.8, 4) is 0 Å². The molecular formula is C11H21NO5. The lowest BCUT2D eigenvalue weighted by atomic mass is 10.5. The van der Waals surface area contributed by atoms with E-state index in [0.717, 1.165) is 6.42 Å². The minimum absolute atomic E-state index is 0.0767. The predicted molar refractivity (Wildman–Crippen MR) is 61.1 cm³/mol. The standard InChI is InChI=1S/C11H21NO5/c1-4-7-17-12(8-10(13)15-5-2)9-11(14)16-6-3/h4-9H2,1-3H3. The molecule has 17 heavy (non-hydrogen) atoms. The Morgan fingerprint density at radius 2 is 1.41 bits per heavy atom. The van der Waals surface area contributed by atoms with E-state index in [1.54, 1.807) is 13.8 Å². The Hall–Kier alpha value is -1.14. The number of hydroxylamine groups is 2. The summed E-state index contributed by atoms with van der Waals surface area (Å²) in [4.78, 5) is 27.8. The van der Waals surface area contributed by atoms with Crippen molar-refractivity contribution in [2.45, 2.75) is 27.2 Å². The third-order valence-electron chi connectivity index (χ3n) is 1.70. The van der Waals surface area contributed by atoms with Crippen molar-refractivity contribution in [1.29, 1.82) is 0 Å². The smallest absolute Gasteiger partial charge is 0.322 e. The fourth-order valence-corrected chi connectivity index (χ4v) is 1.07. The number of rotatable bonds is 9. The van der Waals surface area contributed by atoms with Crippen LogP contribution >= 0.6 is 0 Å². The second kappa shape index (κ2) is 10.0. The van der Waals surface area contributed by atoms with E-state index in [1.807, 2.05) is 6.92 Å². The van der Waals surface area contributed by atoms with Crippen LogP contribution in [0, 0.1) is 0 Å². The molecule has 0 spiro atoms. The summed E-state index contributed by atoms with van der Waals surface area (Å²) in [7, 11) is 0. The number of nitrogens with zero attached hydrogens (tertiary/aromatic N) is 1. The number of esters is 2. The van der Waals surface area contributed by atoms with Crippen molar-refractivity contribution in [1.82, 2.24) is 5.06 Å². The van der Waals surface area contributed by atoms with Gasteiger partial charge >= 0.3 is 11.9 Å². The van der Waals surface area contributed by atoms with Gasteiger partial charge in [0.05, 0.1) is 19.8 Å². The van der Waals surface area contributed by atoms with Gasteiger partial charge in [0.25, 0.3) is 0 Å². The zero-order valence-corrected chi connectivity index (χ0v) is 10.7. The predicted octanol–water partition coefficient (Wildman–Crippen LogP) is 0.756. The first-order valence-corrected chi connectivity index (χ1v) is 5.83. The van der Waals surface area contributed by atoms with Gasteiger partial charge in [-0.3, -0.25) is 14.4 Å². The molecule has 0 unspecified atom stereocenters. The number of hydrogen-bond donors (Lipinski definition) is 0. The highest BCUT2D eigenvalue weighted by Crippen LogP contribution is 1.95. The van der Waals surface area contributed by atoms with Crippen LogP contribution < -0.4 is 0 Å². The third kappa shape index (κ3) is 8.65. The molecule has 6 nitrogen and oxygen atoms in total. The van der Waals surface area contributed by atoms with Gasteiger partial charge in [0.15, 0.2) is 0 Å². The van der Waals surface area contributed by atoms with Gasteiger partial charge in [-0.25, -0.2) is 0 Å². The van der Waals surface area contributed by atoms with Crippen molar-refractivity contribution < 1.29 is 23.9 Å². The highest BCUT2D eigenvalue weighted by molar-refractivity contribution is 5.74. The second-order valence-corrected chi connectivity index (χ2v) is 3.24. The monoisotopic (exact) mass is 247 g/mol. The van der Waals surface area contributed by atoms with Crippen molar-refractivity contribution in [2.75, 3.05) is 32.9 Å². The topological polar surface area (TPSA) is 65.1 Å². The Labute approximate surface area is 102 Å². The number of carbonyl (C=O) groups is 2. The van der Waals surface area contributed by atoms with Gasteiger partial charge in [0.1, 0.15) is 13.1 Å². The zero-order chi connectivity index (χ0) is 13.1. The fraction of sp³-hybridized carbons (Fsp3) is 0.818. The molecule has 0 rings (SSSR count). The maximum absolute atomic E-state index is 11.3. The molecule has 0 heterocycles. The van der Waals surface area contributed by atoms with Crippen LogP contribution in [0.3, 0.4) is 0 Å². The summed E-state index contributed by atoms with van der Waals surface area (Å²) in [6.07, 6.45) is 0.794. The minimum atomic E-state index is -0.423. The van der Waals surface area contributed by atoms with Crippen molar-refractivity contribution in [3.63, 3.8) is 0 Å². The van der Waals surface area contributed by atoms with Crippen LogP contribution in [0.1, 0.15) is 27.2 Å². The van der Waals surface area contributed by atoms with E-state index in [2.05, 4.69) is 0 Å². The average molecular weight is 247 g/mol. The quantitative estimate of drug-likeness (QED) is 0.442. The van der Waals surface area contributed by atoms with Crippen LogP contribution in [0.25, 0.3) is 0 Å². The first-order chi connectivity index (χ1) is 8.13. The molecule has 0 aliphatic rings. The molecule has 0 aromatic rings. The van der Waals surface area contributed by atoms with E-state index in [-0.39, 0.29) is 13.1 Å². The summed E-state index contributed by atoms with van der Waals surface area (Å²) < 4.78 is 9.56. The molecule has 6 heteroatoms. The van der Waals surface area contributed by atoms with Crippen LogP contribution in [0.4, 0.5) is 0 Å². The molecule has 0 aliphatic carbocycles. The lowest BCUT2D eigenvalue weighted by molar-refractivity contribution is -0.189. The summed E-state index contributed by atoms with van der Waals surface area (Å²) in [6, 6.07) is 0. The largest absolute Gasteiger partial charge is 0.465 e. The molecule has 0 bridgehead atoms. The average Bonchev–Trinajstić information content (AvgIpc) is 2.26. The van der Waals surface area contributed by atoms with E-state index in [4.69, 9.17) is 14.3 Å². The second-order valence-electron chi connectivity index (χ2n) is 3.24. The Morgan fingerprint density at radius 1 is 0.941 bits per heavy atom. The molecule has 0 saturated heterocycles. The van der Waals surface area contributed by atoms with Crippen LogP contribution in [0.2, 0.25) is 0 Å². The summed E-state index contributed by atoms with van der Waals surface area (Å²) in [6.45, 7) is 6.28. The van der Waals surface area contributed by atoms with Crippen LogP contribution in [0.5, 0.6) is 0 Å². The van der Waals surface area contributed by atoms with E-state index in [9.17, 15) is 9.59 Å². The maximum atomic E-state index is 11.3. The molecule has 0 aliphatic heterocycles. The normalized spacial score (nSPS) is 10.4. The number of ether oxygens (including phenoxy) is 2. The van der Waals surface area contributed by atoms with Gasteiger partial charge in [-0.2, -0.15) is 5.06 Å². The van der Waals surface area contributed by atoms with Gasteiger partial charge < -0.3 is 9.47 Å². The Bertz CT molecular complexity index is 212. The van der Waals surface area contributed by atoms with Gasteiger partial charge in [-0.15, -0.1) is 0 Å². The molecule has 0 saturated carbocycles. The molecule has 0 radical (unpaired) electrons. The van der Waals surface area contributed by atoms with Gasteiger partial charge in [-0.05, 0) is 20.3 Å². The van der Waals surface area contributed by atoms with Crippen LogP contribution in [0.15, 0.2) is 0 Å². The number of hydrogen-bond acceptors (Lipinski definition) is 6. The van der Waals surface area contributed by atoms with E-state index >= 15 is 0 Å². The number of carbonyl (C=O) groups excluding carboxylic acids is 2. The molecule has 0 fully saturated rings. The molecular weight excluding hydrogens is 226 g/mol. The van der Waals surface area contributed by atoms with Crippen LogP contribution in [-0.2, 0) is 23.9 Å². The lowest BCUT2D eigenvalue weighted by Gasteiger charge is -2.19. The van der Waals surface area contributed by atoms with Crippen LogP contribution in [-0.4, -0.2) is 49.9 Å². The minimum Gasteiger partial charge on any atom is -0.465 e. The van der Waals surface area contributed by atoms with Crippen molar-refractivity contribution in [3.05, 3.63) is 0 Å². The maximum Gasteiger partial charge on any atom is 0.322 e. The summed E-state index contributed by atoms with van der Waals surface area (Å²) >= 11 is 0. The van der Waals surface area contributed by atoms with Gasteiger partial charge in [0.2, 0.25) is 0 Å². The fourth-order valence-electron chi connectivity index (χ4n) is 1.07. The molecule has 0 atom stereocenters. The molecule has 0 N–H and O–H groups in total. The molecule has 0 aromatic heterocycles. The Morgan fingerprint density at radius 3 is 1.76 bits per heavy atom. The highest BCUT2D eigenvalue weighted by atomic mass is 16.7. The van der Waals surface area contributed by atoms with E-state index in [1.165, 1.54) is 5.06 Å². The summed E-state index contributed by atoms with van der Waals surface area (Å²) in [5.74, 6) is -0.846. The Kier molecular flexibility index (Phi) is 9.37. The summed E-state index contributed by atoms with van der Waals surface area (Å²) in [5, 5.41) is 1.26. The van der Waals surface area contributed by atoms with E-state index in [0.29, 0.717) is 19.8 Å². The SMILES string of the molecule is CCCON(CC(=O)OCC)CC(=O)OCC. The third-order valence-corrected chi connectivity index (χ3v) is 1.70. The Balaban J connectivity index is 4.12. The summed E-state index contributed by atoms with van der Waals surface area (Å²) in [5.41, 5.74) is 0. The van der Waals surface area contributed by atoms with Gasteiger partial charge in [-0.1, -0.05) is 6.92 Å². The zero-order valence-electron chi connectivity index (χ0n) is 10.7.